The SMILES string of the molecule is CS(=O)c1nncn1C[C@@H]1C[C@@H]2C=C[C@H]1CC2. The predicted molar refractivity (Wildman–Crippen MR) is 65.8 cm³/mol. The Bertz CT molecular complexity index is 468. The summed E-state index contributed by atoms with van der Waals surface area (Å²) in [5.74, 6) is 2.12. The highest BCUT2D eigenvalue weighted by Gasteiger charge is 2.32. The third-order valence-corrected chi connectivity index (χ3v) is 4.81. The summed E-state index contributed by atoms with van der Waals surface area (Å²) < 4.78 is 13.5. The predicted octanol–water partition coefficient (Wildman–Crippen LogP) is 1.62. The van der Waals surface area contributed by atoms with E-state index in [9.17, 15) is 4.21 Å². The molecule has 1 fully saturated rings. The molecule has 17 heavy (non-hydrogen) atoms. The fraction of sp³-hybridized carbons (Fsp3) is 0.667. The monoisotopic (exact) mass is 251 g/mol. The zero-order valence-electron chi connectivity index (χ0n) is 9.95. The lowest BCUT2D eigenvalue weighted by molar-refractivity contribution is 0.194. The molecule has 4 nitrogen and oxygen atoms in total. The van der Waals surface area contributed by atoms with E-state index < -0.39 is 10.8 Å². The lowest BCUT2D eigenvalue weighted by Crippen LogP contribution is -2.30. The van der Waals surface area contributed by atoms with E-state index in [-0.39, 0.29) is 0 Å². The van der Waals surface area contributed by atoms with Crippen LogP contribution >= 0.6 is 0 Å². The molecule has 0 aromatic carbocycles. The van der Waals surface area contributed by atoms with Crippen LogP contribution in [-0.4, -0.2) is 25.2 Å². The topological polar surface area (TPSA) is 47.8 Å². The lowest BCUT2D eigenvalue weighted by atomic mass is 9.69. The van der Waals surface area contributed by atoms with Crippen molar-refractivity contribution in [2.24, 2.45) is 17.8 Å². The van der Waals surface area contributed by atoms with Gasteiger partial charge in [-0.15, -0.1) is 10.2 Å². The Hall–Kier alpha value is -0.970. The molecule has 0 radical (unpaired) electrons. The molecule has 0 spiro atoms. The summed E-state index contributed by atoms with van der Waals surface area (Å²) in [6.07, 6.45) is 12.0. The molecule has 3 aliphatic rings. The second-order valence-electron chi connectivity index (χ2n) is 5.10. The lowest BCUT2D eigenvalue weighted by Gasteiger charge is -2.38. The van der Waals surface area contributed by atoms with Crippen LogP contribution in [0.25, 0.3) is 0 Å². The highest BCUT2D eigenvalue weighted by Crippen LogP contribution is 2.41. The van der Waals surface area contributed by atoms with Crippen LogP contribution in [-0.2, 0) is 17.3 Å². The quantitative estimate of drug-likeness (QED) is 0.767. The Morgan fingerprint density at radius 1 is 1.47 bits per heavy atom. The van der Waals surface area contributed by atoms with E-state index in [1.807, 2.05) is 4.57 Å². The van der Waals surface area contributed by atoms with E-state index in [4.69, 9.17) is 0 Å². The maximum atomic E-state index is 11.5. The summed E-state index contributed by atoms with van der Waals surface area (Å²) in [6, 6.07) is 0. The Morgan fingerprint density at radius 3 is 2.94 bits per heavy atom. The number of hydrogen-bond donors (Lipinski definition) is 0. The summed E-state index contributed by atoms with van der Waals surface area (Å²) >= 11 is 0. The van der Waals surface area contributed by atoms with Gasteiger partial charge in [-0.3, -0.25) is 4.21 Å². The van der Waals surface area contributed by atoms with Crippen LogP contribution in [0.4, 0.5) is 0 Å². The highest BCUT2D eigenvalue weighted by molar-refractivity contribution is 7.84. The molecular weight excluding hydrogens is 234 g/mol. The van der Waals surface area contributed by atoms with E-state index >= 15 is 0 Å². The van der Waals surface area contributed by atoms with Crippen molar-refractivity contribution in [2.75, 3.05) is 6.26 Å². The summed E-state index contributed by atoms with van der Waals surface area (Å²) in [7, 11) is -1.04. The molecule has 1 aromatic heterocycles. The fourth-order valence-corrected chi connectivity index (χ4v) is 3.72. The molecular formula is C12H17N3OS. The standard InChI is InChI=1S/C12H17N3OS/c1-17(16)12-14-13-8-15(12)7-11-6-9-2-4-10(11)5-3-9/h2,4,8-11H,3,5-7H2,1H3/t9-,10+,11+,17?/m1/s1. The van der Waals surface area contributed by atoms with Gasteiger partial charge in [-0.25, -0.2) is 0 Å². The number of nitrogens with zero attached hydrogens (tertiary/aromatic N) is 3. The van der Waals surface area contributed by atoms with Crippen molar-refractivity contribution in [1.29, 1.82) is 0 Å². The molecule has 4 atom stereocenters. The van der Waals surface area contributed by atoms with Crippen LogP contribution in [0.3, 0.4) is 0 Å². The van der Waals surface area contributed by atoms with Gasteiger partial charge in [-0.2, -0.15) is 0 Å². The second kappa shape index (κ2) is 4.37. The highest BCUT2D eigenvalue weighted by atomic mass is 32.2. The third-order valence-electron chi connectivity index (χ3n) is 3.98. The number of rotatable bonds is 3. The van der Waals surface area contributed by atoms with Crippen molar-refractivity contribution in [1.82, 2.24) is 14.8 Å². The van der Waals surface area contributed by atoms with E-state index in [0.29, 0.717) is 17.0 Å². The van der Waals surface area contributed by atoms with Crippen molar-refractivity contribution in [3.05, 3.63) is 18.5 Å². The molecule has 1 saturated carbocycles. The molecule has 92 valence electrons. The van der Waals surface area contributed by atoms with E-state index in [1.165, 1.54) is 19.3 Å². The van der Waals surface area contributed by atoms with Gasteiger partial charge in [0.1, 0.15) is 6.33 Å². The second-order valence-corrected chi connectivity index (χ2v) is 6.38. The van der Waals surface area contributed by atoms with Gasteiger partial charge in [0.25, 0.3) is 0 Å². The van der Waals surface area contributed by atoms with Crippen LogP contribution in [0.1, 0.15) is 19.3 Å². The van der Waals surface area contributed by atoms with Crippen molar-refractivity contribution >= 4 is 10.8 Å². The van der Waals surface area contributed by atoms with Crippen molar-refractivity contribution in [2.45, 2.75) is 31.0 Å². The van der Waals surface area contributed by atoms with Crippen molar-refractivity contribution in [3.63, 3.8) is 0 Å². The van der Waals surface area contributed by atoms with Gasteiger partial charge in [0, 0.05) is 12.8 Å². The number of aromatic nitrogens is 3. The summed E-state index contributed by atoms with van der Waals surface area (Å²) in [5, 5.41) is 8.42. The minimum atomic E-state index is -1.04. The Labute approximate surface area is 104 Å². The van der Waals surface area contributed by atoms with Crippen LogP contribution < -0.4 is 0 Å². The first kappa shape index (κ1) is 11.1. The molecule has 2 bridgehead atoms. The molecule has 3 aliphatic carbocycles. The zero-order chi connectivity index (χ0) is 11.8. The number of allylic oxidation sites excluding steroid dienone is 2. The fourth-order valence-electron chi connectivity index (χ4n) is 3.11. The van der Waals surface area contributed by atoms with Crippen molar-refractivity contribution in [3.8, 4) is 0 Å². The zero-order valence-corrected chi connectivity index (χ0v) is 10.8. The maximum absolute atomic E-state index is 11.5. The maximum Gasteiger partial charge on any atom is 0.221 e. The van der Waals surface area contributed by atoms with E-state index in [0.717, 1.165) is 12.5 Å². The third kappa shape index (κ3) is 2.08. The first-order valence-electron chi connectivity index (χ1n) is 6.13. The number of hydrogen-bond acceptors (Lipinski definition) is 3. The van der Waals surface area contributed by atoms with Gasteiger partial charge in [0.2, 0.25) is 5.16 Å². The molecule has 5 heteroatoms. The summed E-state index contributed by atoms with van der Waals surface area (Å²) in [5.41, 5.74) is 0. The summed E-state index contributed by atoms with van der Waals surface area (Å²) in [6.45, 7) is 0.910. The molecule has 0 saturated heterocycles. The largest absolute Gasteiger partial charge is 0.306 e. The average Bonchev–Trinajstić information content (AvgIpc) is 2.79. The first-order valence-corrected chi connectivity index (χ1v) is 7.69. The Kier molecular flexibility index (Phi) is 2.86. The summed E-state index contributed by atoms with van der Waals surface area (Å²) in [4.78, 5) is 0. The molecule has 1 aromatic rings. The Morgan fingerprint density at radius 2 is 2.35 bits per heavy atom. The van der Waals surface area contributed by atoms with Crippen molar-refractivity contribution < 1.29 is 4.21 Å². The van der Waals surface area contributed by atoms with Gasteiger partial charge >= 0.3 is 0 Å². The van der Waals surface area contributed by atoms with E-state index in [2.05, 4.69) is 22.3 Å². The van der Waals surface area contributed by atoms with Crippen LogP contribution in [0.5, 0.6) is 0 Å². The normalized spacial score (nSPS) is 32.9. The van der Waals surface area contributed by atoms with Gasteiger partial charge < -0.3 is 4.57 Å². The smallest absolute Gasteiger partial charge is 0.221 e. The molecule has 0 aliphatic heterocycles. The van der Waals surface area contributed by atoms with Crippen LogP contribution in [0.15, 0.2) is 23.6 Å². The van der Waals surface area contributed by atoms with Gasteiger partial charge in [-0.1, -0.05) is 12.2 Å². The van der Waals surface area contributed by atoms with Gasteiger partial charge in [0.15, 0.2) is 0 Å². The number of fused-ring (bicyclic) bond motifs is 2. The minimum absolute atomic E-state index is 0.607. The average molecular weight is 251 g/mol. The van der Waals surface area contributed by atoms with E-state index in [1.54, 1.807) is 12.6 Å². The minimum Gasteiger partial charge on any atom is -0.306 e. The van der Waals surface area contributed by atoms with Gasteiger partial charge in [-0.05, 0) is 37.0 Å². The molecule has 4 rings (SSSR count). The molecule has 0 N–H and O–H groups in total. The Balaban J connectivity index is 1.77. The first-order chi connectivity index (χ1) is 8.24. The van der Waals surface area contributed by atoms with Gasteiger partial charge in [0.05, 0.1) is 10.8 Å². The van der Waals surface area contributed by atoms with Crippen LogP contribution in [0.2, 0.25) is 0 Å². The molecule has 1 heterocycles. The molecule has 1 unspecified atom stereocenters. The van der Waals surface area contributed by atoms with Crippen LogP contribution in [0, 0.1) is 17.8 Å². The molecule has 0 amide bonds.